The van der Waals surface area contributed by atoms with E-state index in [1.807, 2.05) is 47.4 Å². The Morgan fingerprint density at radius 2 is 1.56 bits per heavy atom. The molecule has 1 amide bonds. The minimum atomic E-state index is -0.0864. The smallest absolute Gasteiger partial charge is 0.253 e. The molecule has 27 heavy (non-hydrogen) atoms. The molecule has 1 fully saturated rings. The Labute approximate surface area is 160 Å². The summed E-state index contributed by atoms with van der Waals surface area (Å²) in [7, 11) is 0. The van der Waals surface area contributed by atoms with Crippen molar-refractivity contribution < 1.29 is 9.53 Å². The molecule has 1 saturated heterocycles. The maximum Gasteiger partial charge on any atom is 0.253 e. The topological polar surface area (TPSA) is 56.6 Å². The lowest BCUT2D eigenvalue weighted by atomic mass is 10.0. The highest BCUT2D eigenvalue weighted by atomic mass is 16.5. The Morgan fingerprint density at radius 3 is 2.11 bits per heavy atom. The first kappa shape index (κ1) is 18.9. The number of hydrogen-bond donors (Lipinski definition) is 0. The Morgan fingerprint density at radius 1 is 0.963 bits per heavy atom. The van der Waals surface area contributed by atoms with Gasteiger partial charge in [0.05, 0.1) is 6.07 Å². The zero-order chi connectivity index (χ0) is 19.2. The highest BCUT2D eigenvalue weighted by Crippen LogP contribution is 2.22. The van der Waals surface area contributed by atoms with Gasteiger partial charge in [-0.25, -0.2) is 0 Å². The zero-order valence-electron chi connectivity index (χ0n) is 15.8. The van der Waals surface area contributed by atoms with Crippen LogP contribution in [-0.4, -0.2) is 47.9 Å². The Kier molecular flexibility index (Phi) is 6.10. The zero-order valence-corrected chi connectivity index (χ0v) is 15.8. The number of rotatable bonds is 5. The molecule has 2 aromatic carbocycles. The molecule has 0 saturated carbocycles. The second-order valence-corrected chi connectivity index (χ2v) is 7.09. The summed E-state index contributed by atoms with van der Waals surface area (Å²) in [5, 5.41) is 9.35. The maximum atomic E-state index is 12.8. The molecule has 140 valence electrons. The van der Waals surface area contributed by atoms with Crippen LogP contribution in [0, 0.1) is 17.2 Å². The van der Waals surface area contributed by atoms with Crippen LogP contribution in [0.5, 0.6) is 11.5 Å². The monoisotopic (exact) mass is 363 g/mol. The first-order valence-electron chi connectivity index (χ1n) is 9.34. The molecule has 5 heteroatoms. The van der Waals surface area contributed by atoms with Gasteiger partial charge in [0.25, 0.3) is 5.91 Å². The molecular formula is C22H25N3O2. The molecule has 1 heterocycles. The van der Waals surface area contributed by atoms with Gasteiger partial charge in [0, 0.05) is 31.7 Å². The number of nitriles is 1. The van der Waals surface area contributed by atoms with Crippen molar-refractivity contribution in [1.29, 1.82) is 5.26 Å². The number of hydrogen-bond acceptors (Lipinski definition) is 4. The molecule has 0 spiro atoms. The van der Waals surface area contributed by atoms with Crippen molar-refractivity contribution in [3.05, 3.63) is 60.2 Å². The summed E-state index contributed by atoms with van der Waals surface area (Å²) in [6.07, 6.45) is 0. The van der Waals surface area contributed by atoms with Gasteiger partial charge in [-0.1, -0.05) is 32.0 Å². The van der Waals surface area contributed by atoms with E-state index in [1.165, 1.54) is 0 Å². The van der Waals surface area contributed by atoms with Gasteiger partial charge in [-0.15, -0.1) is 0 Å². The molecule has 0 bridgehead atoms. The summed E-state index contributed by atoms with van der Waals surface area (Å²) < 4.78 is 5.77. The van der Waals surface area contributed by atoms with E-state index in [2.05, 4.69) is 24.8 Å². The van der Waals surface area contributed by atoms with Crippen LogP contribution in [-0.2, 0) is 0 Å². The SMILES string of the molecule is CC(C)C(C#N)N1CCN(C(=O)c2ccc(Oc3ccccc3)cc2)CC1. The summed E-state index contributed by atoms with van der Waals surface area (Å²) in [6, 6.07) is 19.1. The summed E-state index contributed by atoms with van der Waals surface area (Å²) in [5.41, 5.74) is 0.657. The first-order chi connectivity index (χ1) is 13.1. The van der Waals surface area contributed by atoms with E-state index in [1.54, 1.807) is 12.1 Å². The third kappa shape index (κ3) is 4.66. The maximum absolute atomic E-state index is 12.8. The molecule has 0 aromatic heterocycles. The van der Waals surface area contributed by atoms with Crippen molar-refractivity contribution in [3.8, 4) is 17.6 Å². The van der Waals surface area contributed by atoms with Gasteiger partial charge in [-0.3, -0.25) is 9.69 Å². The van der Waals surface area contributed by atoms with Crippen molar-refractivity contribution in [3.63, 3.8) is 0 Å². The normalized spacial score (nSPS) is 16.0. The standard InChI is InChI=1S/C22H25N3O2/c1-17(2)21(16-23)24-12-14-25(15-13-24)22(26)18-8-10-20(11-9-18)27-19-6-4-3-5-7-19/h3-11,17,21H,12-15H2,1-2H3. The van der Waals surface area contributed by atoms with E-state index >= 15 is 0 Å². The average molecular weight is 363 g/mol. The quantitative estimate of drug-likeness (QED) is 0.811. The van der Waals surface area contributed by atoms with Crippen LogP contribution in [0.15, 0.2) is 54.6 Å². The second kappa shape index (κ2) is 8.70. The lowest BCUT2D eigenvalue weighted by Gasteiger charge is -2.38. The highest BCUT2D eigenvalue weighted by molar-refractivity contribution is 5.94. The van der Waals surface area contributed by atoms with E-state index in [0.717, 1.165) is 18.8 Å². The molecule has 1 aliphatic heterocycles. The molecule has 3 rings (SSSR count). The molecule has 1 atom stereocenters. The van der Waals surface area contributed by atoms with Crippen LogP contribution in [0.4, 0.5) is 0 Å². The fraction of sp³-hybridized carbons (Fsp3) is 0.364. The Hall–Kier alpha value is -2.84. The fourth-order valence-electron chi connectivity index (χ4n) is 3.33. The van der Waals surface area contributed by atoms with Crippen LogP contribution in [0.1, 0.15) is 24.2 Å². The largest absolute Gasteiger partial charge is 0.457 e. The minimum Gasteiger partial charge on any atom is -0.457 e. The van der Waals surface area contributed by atoms with Crippen molar-refractivity contribution in [2.24, 2.45) is 5.92 Å². The fourth-order valence-corrected chi connectivity index (χ4v) is 3.33. The van der Waals surface area contributed by atoms with Crippen molar-refractivity contribution in [2.75, 3.05) is 26.2 Å². The number of ether oxygens (including phenoxy) is 1. The lowest BCUT2D eigenvalue weighted by molar-refractivity contribution is 0.0576. The molecular weight excluding hydrogens is 338 g/mol. The number of carbonyl (C=O) groups excluding carboxylic acids is 1. The van der Waals surface area contributed by atoms with Crippen molar-refractivity contribution in [2.45, 2.75) is 19.9 Å². The minimum absolute atomic E-state index is 0.0268. The second-order valence-electron chi connectivity index (χ2n) is 7.09. The third-order valence-electron chi connectivity index (χ3n) is 4.84. The van der Waals surface area contributed by atoms with Gasteiger partial charge in [0.1, 0.15) is 17.5 Å². The van der Waals surface area contributed by atoms with Crippen LogP contribution >= 0.6 is 0 Å². The number of benzene rings is 2. The molecule has 1 unspecified atom stereocenters. The molecule has 1 aliphatic rings. The number of piperazine rings is 1. The number of carbonyl (C=O) groups is 1. The van der Waals surface area contributed by atoms with Gasteiger partial charge in [-0.2, -0.15) is 5.26 Å². The van der Waals surface area contributed by atoms with Gasteiger partial charge >= 0.3 is 0 Å². The van der Waals surface area contributed by atoms with Crippen LogP contribution in [0.2, 0.25) is 0 Å². The van der Waals surface area contributed by atoms with Crippen LogP contribution < -0.4 is 4.74 Å². The molecule has 5 nitrogen and oxygen atoms in total. The predicted molar refractivity (Wildman–Crippen MR) is 105 cm³/mol. The first-order valence-corrected chi connectivity index (χ1v) is 9.34. The third-order valence-corrected chi connectivity index (χ3v) is 4.84. The van der Waals surface area contributed by atoms with Gasteiger partial charge in [-0.05, 0) is 42.3 Å². The molecule has 0 aliphatic carbocycles. The van der Waals surface area contributed by atoms with Gasteiger partial charge < -0.3 is 9.64 Å². The van der Waals surface area contributed by atoms with Crippen molar-refractivity contribution in [1.82, 2.24) is 9.80 Å². The Balaban J connectivity index is 1.58. The van der Waals surface area contributed by atoms with E-state index in [4.69, 9.17) is 4.74 Å². The van der Waals surface area contributed by atoms with Gasteiger partial charge in [0.2, 0.25) is 0 Å². The van der Waals surface area contributed by atoms with Crippen LogP contribution in [0.3, 0.4) is 0 Å². The summed E-state index contributed by atoms with van der Waals surface area (Å²) in [6.45, 7) is 6.88. The lowest BCUT2D eigenvalue weighted by Crippen LogP contribution is -2.52. The summed E-state index contributed by atoms with van der Waals surface area (Å²) >= 11 is 0. The highest BCUT2D eigenvalue weighted by Gasteiger charge is 2.28. The summed E-state index contributed by atoms with van der Waals surface area (Å²) in [4.78, 5) is 16.8. The average Bonchev–Trinajstić information content (AvgIpc) is 2.70. The van der Waals surface area contributed by atoms with Crippen molar-refractivity contribution >= 4 is 5.91 Å². The number of para-hydroxylation sites is 1. The predicted octanol–water partition coefficient (Wildman–Crippen LogP) is 3.78. The molecule has 0 N–H and O–H groups in total. The van der Waals surface area contributed by atoms with E-state index in [9.17, 15) is 10.1 Å². The van der Waals surface area contributed by atoms with E-state index in [-0.39, 0.29) is 17.9 Å². The van der Waals surface area contributed by atoms with E-state index in [0.29, 0.717) is 24.4 Å². The Bertz CT molecular complexity index is 789. The molecule has 2 aromatic rings. The van der Waals surface area contributed by atoms with Crippen LogP contribution in [0.25, 0.3) is 0 Å². The summed E-state index contributed by atoms with van der Waals surface area (Å²) in [5.74, 6) is 1.79. The number of amides is 1. The van der Waals surface area contributed by atoms with Gasteiger partial charge in [0.15, 0.2) is 0 Å². The molecule has 0 radical (unpaired) electrons. The number of nitrogens with zero attached hydrogens (tertiary/aromatic N) is 3. The van der Waals surface area contributed by atoms with E-state index < -0.39 is 0 Å².